The summed E-state index contributed by atoms with van der Waals surface area (Å²) >= 11 is 0. The monoisotopic (exact) mass is 704 g/mol. The molecule has 0 spiro atoms. The van der Waals surface area contributed by atoms with Crippen LogP contribution in [0.5, 0.6) is 5.75 Å². The van der Waals surface area contributed by atoms with Gasteiger partial charge >= 0.3 is 0 Å². The molecule has 5 aromatic carbocycles. The number of nitrogens with zero attached hydrogens (tertiary/aromatic N) is 1. The van der Waals surface area contributed by atoms with Crippen molar-refractivity contribution in [2.24, 2.45) is 0 Å². The minimum atomic E-state index is -1.07. The first kappa shape index (κ1) is 36.0. The van der Waals surface area contributed by atoms with Gasteiger partial charge in [0.1, 0.15) is 12.4 Å². The summed E-state index contributed by atoms with van der Waals surface area (Å²) in [4.78, 5) is 29.2. The van der Waals surface area contributed by atoms with Gasteiger partial charge in [0.05, 0.1) is 0 Å². The van der Waals surface area contributed by atoms with Crippen molar-refractivity contribution in [2.45, 2.75) is 32.0 Å². The molecular formula is C43H36F4N2O3. The van der Waals surface area contributed by atoms with Gasteiger partial charge in [-0.05, 0) is 95.8 Å². The summed E-state index contributed by atoms with van der Waals surface area (Å²) in [5.74, 6) is -4.35. The van der Waals surface area contributed by atoms with Gasteiger partial charge in [-0.25, -0.2) is 17.6 Å². The fraction of sp³-hybridized carbons (Fsp3) is 0.163. The van der Waals surface area contributed by atoms with E-state index in [2.05, 4.69) is 34.5 Å². The molecule has 6 rings (SSSR count). The Kier molecular flexibility index (Phi) is 11.7. The van der Waals surface area contributed by atoms with E-state index in [1.54, 1.807) is 24.3 Å². The standard InChI is InChI=1S/C43H36F4N2O3/c44-38-17-11-31(23-40(38)46)21-34-25-36(26-35(42(34)50)22-32-12-18-39(45)41(47)24-32)48-43(51)33-13-15-37(16-14-33)52-20-19-49(27-29-7-3-1-4-8-29)28-30-9-5-2-6-10-30/h1-18,21-24,36H,19-20,25-28H2,(H,48,51)/b34-21+,35-22+. The highest BCUT2D eigenvalue weighted by atomic mass is 19.2. The summed E-state index contributed by atoms with van der Waals surface area (Å²) in [6, 6.07) is 33.2. The third-order valence-electron chi connectivity index (χ3n) is 8.71. The molecule has 0 radical (unpaired) electrons. The average molecular weight is 705 g/mol. The van der Waals surface area contributed by atoms with Gasteiger partial charge in [0, 0.05) is 42.4 Å². The smallest absolute Gasteiger partial charge is 0.251 e. The van der Waals surface area contributed by atoms with Crippen LogP contribution in [0.4, 0.5) is 17.6 Å². The van der Waals surface area contributed by atoms with Crippen LogP contribution in [0.2, 0.25) is 0 Å². The second-order valence-electron chi connectivity index (χ2n) is 12.6. The van der Waals surface area contributed by atoms with Gasteiger partial charge in [0.2, 0.25) is 0 Å². The number of Topliss-reactive ketones (excluding diaryl/α,β-unsaturated/α-hetero) is 1. The summed E-state index contributed by atoms with van der Waals surface area (Å²) < 4.78 is 61.1. The van der Waals surface area contributed by atoms with Crippen molar-refractivity contribution in [1.82, 2.24) is 10.2 Å². The Bertz CT molecular complexity index is 1970. The van der Waals surface area contributed by atoms with Gasteiger partial charge in [-0.15, -0.1) is 0 Å². The van der Waals surface area contributed by atoms with Crippen LogP contribution in [0.25, 0.3) is 12.2 Å². The molecule has 1 N–H and O–H groups in total. The molecular weight excluding hydrogens is 668 g/mol. The molecule has 0 atom stereocenters. The first-order valence-electron chi connectivity index (χ1n) is 16.9. The Balaban J connectivity index is 1.12. The molecule has 1 saturated carbocycles. The van der Waals surface area contributed by atoms with Crippen LogP contribution in [-0.2, 0) is 17.9 Å². The van der Waals surface area contributed by atoms with Gasteiger partial charge in [-0.2, -0.15) is 0 Å². The molecule has 52 heavy (non-hydrogen) atoms. The van der Waals surface area contributed by atoms with Crippen LogP contribution in [-0.4, -0.2) is 35.8 Å². The lowest BCUT2D eigenvalue weighted by atomic mass is 9.83. The Morgan fingerprint density at radius 3 is 1.65 bits per heavy atom. The highest BCUT2D eigenvalue weighted by molar-refractivity contribution is 6.14. The third kappa shape index (κ3) is 9.70. The molecule has 264 valence electrons. The van der Waals surface area contributed by atoms with Crippen LogP contribution in [0.3, 0.4) is 0 Å². The summed E-state index contributed by atoms with van der Waals surface area (Å²) in [5.41, 5.74) is 3.80. The second-order valence-corrected chi connectivity index (χ2v) is 12.6. The lowest BCUT2D eigenvalue weighted by molar-refractivity contribution is -0.113. The summed E-state index contributed by atoms with van der Waals surface area (Å²) in [5, 5.41) is 2.96. The van der Waals surface area contributed by atoms with E-state index >= 15 is 0 Å². The number of ketones is 1. The number of benzene rings is 5. The quantitative estimate of drug-likeness (QED) is 0.104. The zero-order valence-corrected chi connectivity index (χ0v) is 28.2. The van der Waals surface area contributed by atoms with Gasteiger partial charge < -0.3 is 10.1 Å². The van der Waals surface area contributed by atoms with Crippen molar-refractivity contribution in [2.75, 3.05) is 13.2 Å². The van der Waals surface area contributed by atoms with Gasteiger partial charge in [0.25, 0.3) is 5.91 Å². The van der Waals surface area contributed by atoms with Crippen molar-refractivity contribution >= 4 is 23.8 Å². The van der Waals surface area contributed by atoms with Crippen LogP contribution in [0.1, 0.15) is 45.5 Å². The largest absolute Gasteiger partial charge is 0.492 e. The number of rotatable bonds is 12. The summed E-state index contributed by atoms with van der Waals surface area (Å²) in [6.45, 7) is 2.63. The molecule has 5 nitrogen and oxygen atoms in total. The topological polar surface area (TPSA) is 58.6 Å². The number of ether oxygens (including phenoxy) is 1. The predicted octanol–water partition coefficient (Wildman–Crippen LogP) is 8.95. The predicted molar refractivity (Wildman–Crippen MR) is 193 cm³/mol. The fourth-order valence-electron chi connectivity index (χ4n) is 6.11. The number of halogens is 4. The average Bonchev–Trinajstić information content (AvgIpc) is 3.14. The maximum absolute atomic E-state index is 14.0. The second kappa shape index (κ2) is 16.9. The molecule has 1 aliphatic rings. The maximum atomic E-state index is 14.0. The molecule has 0 bridgehead atoms. The number of hydrogen-bond donors (Lipinski definition) is 1. The molecule has 0 aromatic heterocycles. The molecule has 0 saturated heterocycles. The lowest BCUT2D eigenvalue weighted by Gasteiger charge is -2.27. The molecule has 0 heterocycles. The highest BCUT2D eigenvalue weighted by Gasteiger charge is 2.29. The number of nitrogens with one attached hydrogen (secondary N) is 1. The number of amides is 1. The lowest BCUT2D eigenvalue weighted by Crippen LogP contribution is -2.39. The van der Waals surface area contributed by atoms with Crippen molar-refractivity contribution in [3.05, 3.63) is 184 Å². The van der Waals surface area contributed by atoms with E-state index in [0.717, 1.165) is 37.4 Å². The van der Waals surface area contributed by atoms with Gasteiger partial charge in [-0.3, -0.25) is 14.5 Å². The normalized spacial score (nSPS) is 16.0. The van der Waals surface area contributed by atoms with Crippen molar-refractivity contribution in [3.63, 3.8) is 0 Å². The fourth-order valence-corrected chi connectivity index (χ4v) is 6.11. The first-order chi connectivity index (χ1) is 25.2. The number of hydrogen-bond acceptors (Lipinski definition) is 4. The van der Waals surface area contributed by atoms with E-state index in [1.807, 2.05) is 36.4 Å². The molecule has 9 heteroatoms. The molecule has 0 aliphatic heterocycles. The highest BCUT2D eigenvalue weighted by Crippen LogP contribution is 2.30. The van der Waals surface area contributed by atoms with Crippen LogP contribution in [0, 0.1) is 23.3 Å². The Morgan fingerprint density at radius 1 is 0.673 bits per heavy atom. The molecule has 0 unspecified atom stereocenters. The van der Waals surface area contributed by atoms with Gasteiger partial charge in [-0.1, -0.05) is 72.8 Å². The number of carbonyl (C=O) groups excluding carboxylic acids is 2. The minimum absolute atomic E-state index is 0.113. The molecule has 1 amide bonds. The van der Waals surface area contributed by atoms with E-state index in [1.165, 1.54) is 35.4 Å². The Labute approximate surface area is 299 Å². The van der Waals surface area contributed by atoms with Crippen molar-refractivity contribution in [3.8, 4) is 5.75 Å². The van der Waals surface area contributed by atoms with Gasteiger partial charge in [0.15, 0.2) is 29.1 Å². The Hall–Kier alpha value is -5.80. The van der Waals surface area contributed by atoms with E-state index in [-0.39, 0.29) is 41.0 Å². The zero-order chi connectivity index (χ0) is 36.5. The molecule has 5 aromatic rings. The maximum Gasteiger partial charge on any atom is 0.251 e. The van der Waals surface area contributed by atoms with E-state index < -0.39 is 35.1 Å². The van der Waals surface area contributed by atoms with Crippen molar-refractivity contribution in [1.29, 1.82) is 0 Å². The van der Waals surface area contributed by atoms with Crippen LogP contribution < -0.4 is 10.1 Å². The molecule has 1 aliphatic carbocycles. The zero-order valence-electron chi connectivity index (χ0n) is 28.2. The van der Waals surface area contributed by atoms with Crippen molar-refractivity contribution < 1.29 is 31.9 Å². The number of carbonyl (C=O) groups is 2. The van der Waals surface area contributed by atoms with E-state index in [4.69, 9.17) is 4.74 Å². The SMILES string of the molecule is O=C1/C(=C/c2ccc(F)c(F)c2)CC(NC(=O)c2ccc(OCCN(Cc3ccccc3)Cc3ccccc3)cc2)C/C1=C\c1ccc(F)c(F)c1. The van der Waals surface area contributed by atoms with E-state index in [9.17, 15) is 27.2 Å². The third-order valence-corrected chi connectivity index (χ3v) is 8.71. The minimum Gasteiger partial charge on any atom is -0.492 e. The Morgan fingerprint density at radius 2 is 1.17 bits per heavy atom. The summed E-state index contributed by atoms with van der Waals surface area (Å²) in [6.07, 6.45) is 3.11. The van der Waals surface area contributed by atoms with Crippen LogP contribution >= 0.6 is 0 Å². The van der Waals surface area contributed by atoms with Crippen LogP contribution in [0.15, 0.2) is 132 Å². The summed E-state index contributed by atoms with van der Waals surface area (Å²) in [7, 11) is 0. The molecule has 1 fully saturated rings. The first-order valence-corrected chi connectivity index (χ1v) is 16.9. The van der Waals surface area contributed by atoms with E-state index in [0.29, 0.717) is 24.5 Å².